The Labute approximate surface area is 99.9 Å². The molecule has 0 bridgehead atoms. The lowest BCUT2D eigenvalue weighted by Crippen LogP contribution is -2.06. The van der Waals surface area contributed by atoms with Crippen LogP contribution in [0.25, 0.3) is 0 Å². The van der Waals surface area contributed by atoms with E-state index in [1.54, 1.807) is 7.11 Å². The summed E-state index contributed by atoms with van der Waals surface area (Å²) in [5, 5.41) is 0. The van der Waals surface area contributed by atoms with Gasteiger partial charge in [-0.05, 0) is 58.9 Å². The molecule has 0 spiro atoms. The number of hydrogen-bond donors (Lipinski definition) is 1. The summed E-state index contributed by atoms with van der Waals surface area (Å²) in [7, 11) is 1.68. The van der Waals surface area contributed by atoms with Gasteiger partial charge in [-0.2, -0.15) is 0 Å². The molecule has 1 unspecified atom stereocenters. The summed E-state index contributed by atoms with van der Waals surface area (Å²) in [6, 6.07) is 4.12. The third kappa shape index (κ3) is 2.73. The van der Waals surface area contributed by atoms with Crippen LogP contribution in [0.2, 0.25) is 0 Å². The minimum atomic E-state index is 0.497. The molecule has 0 aromatic heterocycles. The second-order valence-corrected chi connectivity index (χ2v) is 4.57. The first-order valence-electron chi connectivity index (χ1n) is 5.14. The molecule has 0 aliphatic carbocycles. The molecule has 0 fully saturated rings. The summed E-state index contributed by atoms with van der Waals surface area (Å²) in [5.74, 6) is 1.38. The number of hydrogen-bond acceptors (Lipinski definition) is 2. The van der Waals surface area contributed by atoms with Crippen molar-refractivity contribution < 1.29 is 4.74 Å². The van der Waals surface area contributed by atoms with Crippen molar-refractivity contribution in [3.05, 3.63) is 27.7 Å². The van der Waals surface area contributed by atoms with E-state index < -0.39 is 0 Å². The van der Waals surface area contributed by atoms with E-state index in [0.29, 0.717) is 5.92 Å². The van der Waals surface area contributed by atoms with Gasteiger partial charge in [0.05, 0.1) is 11.6 Å². The van der Waals surface area contributed by atoms with E-state index >= 15 is 0 Å². The van der Waals surface area contributed by atoms with Crippen LogP contribution in [0.3, 0.4) is 0 Å². The molecule has 1 atom stereocenters. The second-order valence-electron chi connectivity index (χ2n) is 3.77. The average molecular weight is 272 g/mol. The lowest BCUT2D eigenvalue weighted by molar-refractivity contribution is 0.411. The average Bonchev–Trinajstić information content (AvgIpc) is 2.22. The summed E-state index contributed by atoms with van der Waals surface area (Å²) < 4.78 is 6.30. The van der Waals surface area contributed by atoms with Crippen molar-refractivity contribution in [2.75, 3.05) is 13.7 Å². The van der Waals surface area contributed by atoms with Gasteiger partial charge in [0.1, 0.15) is 5.75 Å². The maximum absolute atomic E-state index is 5.57. The van der Waals surface area contributed by atoms with Crippen LogP contribution < -0.4 is 10.5 Å². The van der Waals surface area contributed by atoms with Crippen LogP contribution in [-0.4, -0.2) is 13.7 Å². The highest BCUT2D eigenvalue weighted by molar-refractivity contribution is 9.10. The fourth-order valence-corrected chi connectivity index (χ4v) is 2.30. The molecule has 1 rings (SSSR count). The Morgan fingerprint density at radius 1 is 1.47 bits per heavy atom. The molecule has 3 heteroatoms. The molecule has 0 radical (unpaired) electrons. The van der Waals surface area contributed by atoms with Crippen molar-refractivity contribution in [1.29, 1.82) is 0 Å². The van der Waals surface area contributed by atoms with Crippen molar-refractivity contribution >= 4 is 15.9 Å². The third-order valence-corrected chi connectivity index (χ3v) is 3.73. The fraction of sp³-hybridized carbons (Fsp3) is 0.500. The normalized spacial score (nSPS) is 12.6. The quantitative estimate of drug-likeness (QED) is 0.913. The molecule has 2 nitrogen and oxygen atoms in total. The molecular formula is C12H18BrNO. The topological polar surface area (TPSA) is 35.2 Å². The lowest BCUT2D eigenvalue weighted by atomic mass is 9.93. The maximum atomic E-state index is 5.57. The summed E-state index contributed by atoms with van der Waals surface area (Å²) in [6.07, 6.45) is 1.01. The smallest absolute Gasteiger partial charge is 0.133 e. The number of halogens is 1. The predicted molar refractivity (Wildman–Crippen MR) is 67.5 cm³/mol. The van der Waals surface area contributed by atoms with Crippen molar-refractivity contribution in [1.82, 2.24) is 0 Å². The second kappa shape index (κ2) is 5.52. The summed E-state index contributed by atoms with van der Waals surface area (Å²) in [4.78, 5) is 0. The molecule has 0 aliphatic heterocycles. The highest BCUT2D eigenvalue weighted by Crippen LogP contribution is 2.34. The van der Waals surface area contributed by atoms with Gasteiger partial charge in [0.25, 0.3) is 0 Å². The number of benzene rings is 1. The molecule has 0 heterocycles. The fourth-order valence-electron chi connectivity index (χ4n) is 1.77. The Kier molecular flexibility index (Phi) is 4.61. The van der Waals surface area contributed by atoms with E-state index in [9.17, 15) is 0 Å². The van der Waals surface area contributed by atoms with Crippen LogP contribution in [0.4, 0.5) is 0 Å². The van der Waals surface area contributed by atoms with Crippen molar-refractivity contribution in [2.45, 2.75) is 26.2 Å². The maximum Gasteiger partial charge on any atom is 0.133 e. The Morgan fingerprint density at radius 3 is 2.67 bits per heavy atom. The summed E-state index contributed by atoms with van der Waals surface area (Å²) in [5.41, 5.74) is 8.16. The van der Waals surface area contributed by atoms with Crippen LogP contribution in [0, 0.1) is 6.92 Å². The van der Waals surface area contributed by atoms with Gasteiger partial charge in [0.15, 0.2) is 0 Å². The van der Waals surface area contributed by atoms with Crippen LogP contribution in [0.5, 0.6) is 5.75 Å². The van der Waals surface area contributed by atoms with Gasteiger partial charge in [0, 0.05) is 0 Å². The van der Waals surface area contributed by atoms with Crippen LogP contribution >= 0.6 is 15.9 Å². The number of ether oxygens (including phenoxy) is 1. The Bertz CT molecular complexity index is 339. The van der Waals surface area contributed by atoms with E-state index in [2.05, 4.69) is 35.8 Å². The zero-order chi connectivity index (χ0) is 11.4. The largest absolute Gasteiger partial charge is 0.496 e. The van der Waals surface area contributed by atoms with Crippen molar-refractivity contribution in [3.8, 4) is 5.75 Å². The molecule has 0 aliphatic rings. The zero-order valence-corrected chi connectivity index (χ0v) is 11.1. The number of rotatable bonds is 4. The first-order valence-corrected chi connectivity index (χ1v) is 5.94. The van der Waals surface area contributed by atoms with Crippen molar-refractivity contribution in [2.24, 2.45) is 5.73 Å². The zero-order valence-electron chi connectivity index (χ0n) is 9.51. The van der Waals surface area contributed by atoms with Gasteiger partial charge in [-0.3, -0.25) is 0 Å². The summed E-state index contributed by atoms with van der Waals surface area (Å²) in [6.45, 7) is 5.04. The Balaban J connectivity index is 3.06. The highest BCUT2D eigenvalue weighted by atomic mass is 79.9. The van der Waals surface area contributed by atoms with E-state index in [0.717, 1.165) is 23.2 Å². The van der Waals surface area contributed by atoms with Gasteiger partial charge in [-0.25, -0.2) is 0 Å². The molecule has 2 N–H and O–H groups in total. The van der Waals surface area contributed by atoms with Gasteiger partial charge < -0.3 is 10.5 Å². The van der Waals surface area contributed by atoms with Gasteiger partial charge in [-0.15, -0.1) is 0 Å². The first-order chi connectivity index (χ1) is 7.11. The predicted octanol–water partition coefficient (Wildman–Crippen LogP) is 3.22. The van der Waals surface area contributed by atoms with Gasteiger partial charge >= 0.3 is 0 Å². The molecule has 0 amide bonds. The molecule has 84 valence electrons. The standard InChI is InChI=1S/C12H18BrNO/c1-8(6-7-14)10-4-5-11(15-3)12(13)9(10)2/h4-5,8H,6-7,14H2,1-3H3. The van der Waals surface area contributed by atoms with Crippen molar-refractivity contribution in [3.63, 3.8) is 0 Å². The molecule has 0 saturated carbocycles. The van der Waals surface area contributed by atoms with E-state index in [1.165, 1.54) is 11.1 Å². The van der Waals surface area contributed by atoms with Crippen LogP contribution in [0.15, 0.2) is 16.6 Å². The monoisotopic (exact) mass is 271 g/mol. The van der Waals surface area contributed by atoms with Gasteiger partial charge in [-0.1, -0.05) is 13.0 Å². The molecule has 1 aromatic rings. The molecule has 0 saturated heterocycles. The highest BCUT2D eigenvalue weighted by Gasteiger charge is 2.12. The van der Waals surface area contributed by atoms with E-state index in [-0.39, 0.29) is 0 Å². The Morgan fingerprint density at radius 2 is 2.13 bits per heavy atom. The lowest BCUT2D eigenvalue weighted by Gasteiger charge is -2.16. The minimum absolute atomic E-state index is 0.497. The molecule has 1 aromatic carbocycles. The van der Waals surface area contributed by atoms with E-state index in [4.69, 9.17) is 10.5 Å². The third-order valence-electron chi connectivity index (χ3n) is 2.74. The SMILES string of the molecule is COc1ccc(C(C)CCN)c(C)c1Br. The van der Waals surface area contributed by atoms with Crippen LogP contribution in [0.1, 0.15) is 30.4 Å². The number of methoxy groups -OCH3 is 1. The molecule has 15 heavy (non-hydrogen) atoms. The minimum Gasteiger partial charge on any atom is -0.496 e. The summed E-state index contributed by atoms with van der Waals surface area (Å²) >= 11 is 3.55. The van der Waals surface area contributed by atoms with Crippen LogP contribution in [-0.2, 0) is 0 Å². The van der Waals surface area contributed by atoms with Gasteiger partial charge in [0.2, 0.25) is 0 Å². The Hall–Kier alpha value is -0.540. The van der Waals surface area contributed by atoms with E-state index in [1.807, 2.05) is 6.07 Å². The molecular weight excluding hydrogens is 254 g/mol. The number of nitrogens with two attached hydrogens (primary N) is 1. The first kappa shape index (κ1) is 12.5.